The lowest BCUT2D eigenvalue weighted by Gasteiger charge is -2.51. The highest BCUT2D eigenvalue weighted by atomic mass is 32.2. The van der Waals surface area contributed by atoms with E-state index in [2.05, 4.69) is 50.8 Å². The summed E-state index contributed by atoms with van der Waals surface area (Å²) in [6.45, 7) is 5.74. The Hall–Kier alpha value is -3.40. The summed E-state index contributed by atoms with van der Waals surface area (Å²) in [5.74, 6) is 1.37. The summed E-state index contributed by atoms with van der Waals surface area (Å²) in [7, 11) is -1.83. The number of hydrogen-bond donors (Lipinski definition) is 3. The van der Waals surface area contributed by atoms with Crippen molar-refractivity contribution in [1.29, 1.82) is 0 Å². The van der Waals surface area contributed by atoms with Crippen LogP contribution >= 0.6 is 0 Å². The zero-order valence-corrected chi connectivity index (χ0v) is 27.1. The Morgan fingerprint density at radius 2 is 1.49 bits per heavy atom. The van der Waals surface area contributed by atoms with Gasteiger partial charge in [-0.25, -0.2) is 13.2 Å². The summed E-state index contributed by atoms with van der Waals surface area (Å²) in [5.41, 5.74) is 9.00. The summed E-state index contributed by atoms with van der Waals surface area (Å²) >= 11 is 0. The molecule has 9 heteroatoms. The Morgan fingerprint density at radius 3 is 2.11 bits per heavy atom. The van der Waals surface area contributed by atoms with Gasteiger partial charge in [0.25, 0.3) is 0 Å². The number of piperidine rings is 1. The number of amides is 2. The van der Waals surface area contributed by atoms with Crippen LogP contribution in [0.3, 0.4) is 0 Å². The second-order valence-corrected chi connectivity index (χ2v) is 15.1. The Morgan fingerprint density at radius 1 is 0.867 bits per heavy atom. The number of nitrogens with zero attached hydrogens (tertiary/aromatic N) is 2. The predicted molar refractivity (Wildman–Crippen MR) is 179 cm³/mol. The van der Waals surface area contributed by atoms with Gasteiger partial charge in [-0.05, 0) is 92.6 Å². The molecule has 2 aliphatic heterocycles. The van der Waals surface area contributed by atoms with Gasteiger partial charge in [0.1, 0.15) is 0 Å². The maximum atomic E-state index is 13.0. The molecule has 3 aromatic carbocycles. The van der Waals surface area contributed by atoms with Crippen molar-refractivity contribution in [2.24, 2.45) is 23.5 Å². The van der Waals surface area contributed by atoms with E-state index in [-0.39, 0.29) is 17.5 Å². The minimum atomic E-state index is -3.50. The Kier molecular flexibility index (Phi) is 9.49. The lowest BCUT2D eigenvalue weighted by Crippen LogP contribution is -2.58. The van der Waals surface area contributed by atoms with Gasteiger partial charge in [0.05, 0.1) is 9.79 Å². The number of rotatable bonds is 10. The van der Waals surface area contributed by atoms with Crippen molar-refractivity contribution in [3.8, 4) is 0 Å². The number of benzene rings is 3. The second kappa shape index (κ2) is 13.5. The van der Waals surface area contributed by atoms with E-state index >= 15 is 0 Å². The Labute approximate surface area is 268 Å². The molecule has 3 aromatic rings. The molecule has 2 amide bonds. The maximum Gasteiger partial charge on any atom is 0.314 e. The van der Waals surface area contributed by atoms with Crippen molar-refractivity contribution in [2.45, 2.75) is 53.4 Å². The van der Waals surface area contributed by atoms with Crippen LogP contribution in [0, 0.1) is 17.8 Å². The molecule has 2 saturated heterocycles. The lowest BCUT2D eigenvalue weighted by atomic mass is 9.58. The van der Waals surface area contributed by atoms with Crippen LogP contribution in [0.4, 0.5) is 10.5 Å². The molecule has 0 spiro atoms. The number of sulfone groups is 1. The Bertz CT molecular complexity index is 1520. The summed E-state index contributed by atoms with van der Waals surface area (Å²) in [6, 6.07) is 26.8. The quantitative estimate of drug-likeness (QED) is 0.301. The maximum absolute atomic E-state index is 13.0. The highest BCUT2D eigenvalue weighted by Gasteiger charge is 2.51. The van der Waals surface area contributed by atoms with E-state index < -0.39 is 9.84 Å². The molecule has 3 fully saturated rings. The lowest BCUT2D eigenvalue weighted by molar-refractivity contribution is 0.0728. The third-order valence-corrected chi connectivity index (χ3v) is 12.5. The normalized spacial score (nSPS) is 22.8. The van der Waals surface area contributed by atoms with Gasteiger partial charge >= 0.3 is 6.03 Å². The first-order valence-electron chi connectivity index (χ1n) is 16.5. The van der Waals surface area contributed by atoms with Crippen LogP contribution in [0.2, 0.25) is 0 Å². The minimum Gasteiger partial charge on any atom is -0.371 e. The highest BCUT2D eigenvalue weighted by molar-refractivity contribution is 7.91. The van der Waals surface area contributed by atoms with E-state index in [1.165, 1.54) is 5.56 Å². The molecule has 4 N–H and O–H groups in total. The van der Waals surface area contributed by atoms with E-state index in [4.69, 9.17) is 5.73 Å². The van der Waals surface area contributed by atoms with Crippen molar-refractivity contribution in [1.82, 2.24) is 15.5 Å². The number of carbonyl (C=O) groups is 1. The van der Waals surface area contributed by atoms with Crippen LogP contribution in [-0.4, -0.2) is 71.7 Å². The topological polar surface area (TPSA) is 108 Å². The van der Waals surface area contributed by atoms with Crippen molar-refractivity contribution in [2.75, 3.05) is 51.2 Å². The first-order valence-corrected chi connectivity index (χ1v) is 17.9. The molecule has 240 valence electrons. The molecule has 45 heavy (non-hydrogen) atoms. The molecule has 8 nitrogen and oxygen atoms in total. The van der Waals surface area contributed by atoms with Gasteiger partial charge in [0.2, 0.25) is 9.84 Å². The fourth-order valence-electron chi connectivity index (χ4n) is 8.39. The summed E-state index contributed by atoms with van der Waals surface area (Å²) in [5, 5.41) is 6.01. The SMILES string of the molecule is CNC(=O)N[C@H]1CCC[C@@H]1C(CN)(c1ccccc1)C1CCN(CC2CN(c3ccc(S(=O)(=O)c4ccccc4)cc3)C2)CC1. The second-order valence-electron chi connectivity index (χ2n) is 13.1. The molecular formula is C36H47N5O3S. The van der Waals surface area contributed by atoms with E-state index in [1.807, 2.05) is 18.2 Å². The molecule has 6 rings (SSSR count). The van der Waals surface area contributed by atoms with Crippen molar-refractivity contribution >= 4 is 21.6 Å². The smallest absolute Gasteiger partial charge is 0.314 e. The molecule has 3 atom stereocenters. The van der Waals surface area contributed by atoms with Crippen LogP contribution in [0.1, 0.15) is 37.7 Å². The third kappa shape index (κ3) is 6.35. The number of nitrogens with one attached hydrogen (secondary N) is 2. The Balaban J connectivity index is 1.06. The van der Waals surface area contributed by atoms with E-state index in [1.54, 1.807) is 43.4 Å². The average molecular weight is 630 g/mol. The summed E-state index contributed by atoms with van der Waals surface area (Å²) in [6.07, 6.45) is 5.38. The average Bonchev–Trinajstić information content (AvgIpc) is 3.53. The van der Waals surface area contributed by atoms with Gasteiger partial charge in [0, 0.05) is 56.3 Å². The fourth-order valence-corrected chi connectivity index (χ4v) is 9.67. The first kappa shape index (κ1) is 31.6. The summed E-state index contributed by atoms with van der Waals surface area (Å²) < 4.78 is 25.9. The highest BCUT2D eigenvalue weighted by Crippen LogP contribution is 2.50. The van der Waals surface area contributed by atoms with E-state index in [0.717, 1.165) is 70.5 Å². The standard InChI is InChI=1S/C36H47N5O3S/c1-38-35(42)39-34-14-8-13-33(34)36(26-37,28-9-4-2-5-10-28)29-19-21-40(22-20-29)23-27-24-41(25-27)30-15-17-32(18-16-30)45(43,44)31-11-6-3-7-12-31/h2-7,9-12,15-18,27,29,33-34H,8,13-14,19-26,37H2,1H3,(H2,38,39,42)/t33-,34-,36?/m0/s1. The van der Waals surface area contributed by atoms with Gasteiger partial charge in [-0.1, -0.05) is 55.0 Å². The van der Waals surface area contributed by atoms with E-state index in [0.29, 0.717) is 34.1 Å². The predicted octanol–water partition coefficient (Wildman–Crippen LogP) is 4.66. The van der Waals surface area contributed by atoms with Gasteiger partial charge in [-0.3, -0.25) is 0 Å². The van der Waals surface area contributed by atoms with Crippen molar-refractivity contribution in [3.05, 3.63) is 90.5 Å². The zero-order chi connectivity index (χ0) is 31.4. The molecule has 0 aromatic heterocycles. The van der Waals surface area contributed by atoms with Crippen LogP contribution in [0.5, 0.6) is 0 Å². The molecule has 2 heterocycles. The number of hydrogen-bond acceptors (Lipinski definition) is 6. The third-order valence-electron chi connectivity index (χ3n) is 10.7. The van der Waals surface area contributed by atoms with Crippen LogP contribution < -0.4 is 21.3 Å². The number of nitrogens with two attached hydrogens (primary N) is 1. The number of likely N-dealkylation sites (tertiary alicyclic amines) is 1. The molecule has 1 saturated carbocycles. The van der Waals surface area contributed by atoms with Gasteiger partial charge in [-0.2, -0.15) is 0 Å². The number of carbonyl (C=O) groups excluding carboxylic acids is 1. The summed E-state index contributed by atoms with van der Waals surface area (Å²) in [4.78, 5) is 18.0. The van der Waals surface area contributed by atoms with Crippen molar-refractivity contribution in [3.63, 3.8) is 0 Å². The molecular weight excluding hydrogens is 582 g/mol. The van der Waals surface area contributed by atoms with Crippen molar-refractivity contribution < 1.29 is 13.2 Å². The van der Waals surface area contributed by atoms with Crippen LogP contribution in [0.25, 0.3) is 0 Å². The first-order chi connectivity index (χ1) is 21.8. The number of anilines is 1. The molecule has 0 bridgehead atoms. The monoisotopic (exact) mass is 629 g/mol. The van der Waals surface area contributed by atoms with Crippen LogP contribution in [-0.2, 0) is 15.3 Å². The zero-order valence-electron chi connectivity index (χ0n) is 26.3. The van der Waals surface area contributed by atoms with E-state index in [9.17, 15) is 13.2 Å². The van der Waals surface area contributed by atoms with Crippen LogP contribution in [0.15, 0.2) is 94.7 Å². The minimum absolute atomic E-state index is 0.108. The molecule has 0 radical (unpaired) electrons. The fraction of sp³-hybridized carbons (Fsp3) is 0.472. The molecule has 1 unspecified atom stereocenters. The van der Waals surface area contributed by atoms with Gasteiger partial charge in [0.15, 0.2) is 0 Å². The van der Waals surface area contributed by atoms with Gasteiger partial charge < -0.3 is 26.2 Å². The van der Waals surface area contributed by atoms with Gasteiger partial charge in [-0.15, -0.1) is 0 Å². The molecule has 1 aliphatic carbocycles. The largest absolute Gasteiger partial charge is 0.371 e. The molecule has 3 aliphatic rings. The number of urea groups is 1.